The van der Waals surface area contributed by atoms with Crippen LogP contribution in [0.2, 0.25) is 0 Å². The molecule has 1 N–H and O–H groups in total. The summed E-state index contributed by atoms with van der Waals surface area (Å²) in [5.74, 6) is 0.309. The highest BCUT2D eigenvalue weighted by atomic mass is 16.6. The number of hydrogen-bond donors (Lipinski definition) is 1. The second-order valence-corrected chi connectivity index (χ2v) is 3.27. The standard InChI is InChI=1S/C9H16N4O3/c1-3-16-6-4-5-10-9-8(13(14)15)7-12(2)11-9/h7H,3-6H2,1-2H3,(H,10,11). The smallest absolute Gasteiger partial charge is 0.330 e. The van der Waals surface area contributed by atoms with Crippen LogP contribution in [0.5, 0.6) is 0 Å². The maximum atomic E-state index is 10.7. The van der Waals surface area contributed by atoms with Crippen molar-refractivity contribution in [1.82, 2.24) is 9.78 Å². The van der Waals surface area contributed by atoms with Crippen molar-refractivity contribution in [2.24, 2.45) is 7.05 Å². The molecule has 0 aliphatic carbocycles. The first-order chi connectivity index (χ1) is 7.65. The Morgan fingerprint density at radius 1 is 1.69 bits per heavy atom. The van der Waals surface area contributed by atoms with Crippen molar-refractivity contribution in [2.45, 2.75) is 13.3 Å². The molecule has 1 aromatic heterocycles. The van der Waals surface area contributed by atoms with E-state index in [-0.39, 0.29) is 5.69 Å². The van der Waals surface area contributed by atoms with Crippen LogP contribution < -0.4 is 5.32 Å². The normalized spacial score (nSPS) is 10.4. The van der Waals surface area contributed by atoms with Gasteiger partial charge < -0.3 is 10.1 Å². The molecule has 0 aromatic carbocycles. The highest BCUT2D eigenvalue weighted by Crippen LogP contribution is 2.20. The van der Waals surface area contributed by atoms with E-state index in [0.29, 0.717) is 25.6 Å². The van der Waals surface area contributed by atoms with Gasteiger partial charge in [-0.25, -0.2) is 0 Å². The van der Waals surface area contributed by atoms with Gasteiger partial charge in [0.05, 0.1) is 4.92 Å². The van der Waals surface area contributed by atoms with Crippen LogP contribution in [-0.4, -0.2) is 34.5 Å². The van der Waals surface area contributed by atoms with E-state index in [9.17, 15) is 10.1 Å². The molecule has 0 saturated carbocycles. The van der Waals surface area contributed by atoms with E-state index in [1.165, 1.54) is 10.9 Å². The van der Waals surface area contributed by atoms with Crippen molar-refractivity contribution in [1.29, 1.82) is 0 Å². The Labute approximate surface area is 93.5 Å². The molecule has 0 saturated heterocycles. The van der Waals surface area contributed by atoms with Crippen LogP contribution in [0.1, 0.15) is 13.3 Å². The largest absolute Gasteiger partial charge is 0.382 e. The Balaban J connectivity index is 2.44. The van der Waals surface area contributed by atoms with Crippen molar-refractivity contribution < 1.29 is 9.66 Å². The van der Waals surface area contributed by atoms with Crippen molar-refractivity contribution >= 4 is 11.5 Å². The number of nitrogens with one attached hydrogen (secondary N) is 1. The number of aryl methyl sites for hydroxylation is 1. The first-order valence-corrected chi connectivity index (χ1v) is 5.14. The monoisotopic (exact) mass is 228 g/mol. The van der Waals surface area contributed by atoms with Crippen molar-refractivity contribution in [3.05, 3.63) is 16.3 Å². The van der Waals surface area contributed by atoms with E-state index in [2.05, 4.69) is 10.4 Å². The fourth-order valence-corrected chi connectivity index (χ4v) is 1.26. The molecular formula is C9H16N4O3. The minimum Gasteiger partial charge on any atom is -0.382 e. The zero-order valence-corrected chi connectivity index (χ0v) is 9.47. The molecule has 0 amide bonds. The average molecular weight is 228 g/mol. The van der Waals surface area contributed by atoms with E-state index in [1.54, 1.807) is 7.05 Å². The van der Waals surface area contributed by atoms with Gasteiger partial charge in [-0.15, -0.1) is 5.10 Å². The molecule has 0 aliphatic heterocycles. The lowest BCUT2D eigenvalue weighted by molar-refractivity contribution is -0.384. The Bertz CT molecular complexity index is 351. The Morgan fingerprint density at radius 2 is 2.44 bits per heavy atom. The molecule has 0 spiro atoms. The summed E-state index contributed by atoms with van der Waals surface area (Å²) in [6.45, 7) is 3.86. The van der Waals surface area contributed by atoms with Crippen molar-refractivity contribution in [2.75, 3.05) is 25.1 Å². The summed E-state index contributed by atoms with van der Waals surface area (Å²) in [6.07, 6.45) is 2.17. The van der Waals surface area contributed by atoms with E-state index >= 15 is 0 Å². The zero-order valence-electron chi connectivity index (χ0n) is 9.47. The third-order valence-electron chi connectivity index (χ3n) is 1.97. The molecule has 1 heterocycles. The fourth-order valence-electron chi connectivity index (χ4n) is 1.26. The quantitative estimate of drug-likeness (QED) is 0.430. The van der Waals surface area contributed by atoms with Crippen LogP contribution in [0.3, 0.4) is 0 Å². The van der Waals surface area contributed by atoms with Gasteiger partial charge in [-0.1, -0.05) is 0 Å². The van der Waals surface area contributed by atoms with Gasteiger partial charge in [0.15, 0.2) is 0 Å². The second kappa shape index (κ2) is 6.06. The molecule has 0 radical (unpaired) electrons. The number of ether oxygens (including phenoxy) is 1. The molecule has 7 nitrogen and oxygen atoms in total. The molecule has 0 aliphatic rings. The molecular weight excluding hydrogens is 212 g/mol. The van der Waals surface area contributed by atoms with Crippen LogP contribution in [0, 0.1) is 10.1 Å². The molecule has 1 aromatic rings. The summed E-state index contributed by atoms with van der Waals surface area (Å²) >= 11 is 0. The van der Waals surface area contributed by atoms with Gasteiger partial charge in [-0.2, -0.15) is 0 Å². The zero-order chi connectivity index (χ0) is 12.0. The summed E-state index contributed by atoms with van der Waals surface area (Å²) in [4.78, 5) is 10.2. The summed E-state index contributed by atoms with van der Waals surface area (Å²) < 4.78 is 6.57. The maximum Gasteiger partial charge on any atom is 0.330 e. The van der Waals surface area contributed by atoms with Gasteiger partial charge in [-0.3, -0.25) is 14.8 Å². The number of rotatable bonds is 7. The maximum absolute atomic E-state index is 10.7. The lowest BCUT2D eigenvalue weighted by Crippen LogP contribution is -2.07. The van der Waals surface area contributed by atoms with E-state index in [4.69, 9.17) is 4.74 Å². The minimum absolute atomic E-state index is 0.00101. The van der Waals surface area contributed by atoms with Gasteiger partial charge in [0, 0.05) is 26.8 Å². The predicted octanol–water partition coefficient (Wildman–Crippen LogP) is 1.17. The van der Waals surface area contributed by atoms with Gasteiger partial charge >= 0.3 is 5.69 Å². The van der Waals surface area contributed by atoms with Crippen LogP contribution in [-0.2, 0) is 11.8 Å². The van der Waals surface area contributed by atoms with Crippen LogP contribution in [0.15, 0.2) is 6.20 Å². The average Bonchev–Trinajstić information content (AvgIpc) is 2.59. The topological polar surface area (TPSA) is 82.2 Å². The van der Waals surface area contributed by atoms with Crippen LogP contribution in [0.25, 0.3) is 0 Å². The summed E-state index contributed by atoms with van der Waals surface area (Å²) in [6, 6.07) is 0. The summed E-state index contributed by atoms with van der Waals surface area (Å²) in [5.41, 5.74) is -0.00101. The predicted molar refractivity (Wildman–Crippen MR) is 59.5 cm³/mol. The van der Waals surface area contributed by atoms with Crippen LogP contribution in [0.4, 0.5) is 11.5 Å². The summed E-state index contributed by atoms with van der Waals surface area (Å²) in [5, 5.41) is 17.6. The molecule has 7 heteroatoms. The molecule has 16 heavy (non-hydrogen) atoms. The highest BCUT2D eigenvalue weighted by Gasteiger charge is 2.17. The fraction of sp³-hybridized carbons (Fsp3) is 0.667. The number of nitro groups is 1. The second-order valence-electron chi connectivity index (χ2n) is 3.27. The van der Waals surface area contributed by atoms with E-state index < -0.39 is 4.92 Å². The molecule has 0 bridgehead atoms. The van der Waals surface area contributed by atoms with Gasteiger partial charge in [0.25, 0.3) is 0 Å². The molecule has 0 unspecified atom stereocenters. The number of anilines is 1. The summed E-state index contributed by atoms with van der Waals surface area (Å²) in [7, 11) is 1.65. The minimum atomic E-state index is -0.447. The molecule has 1 rings (SSSR count). The van der Waals surface area contributed by atoms with E-state index in [0.717, 1.165) is 6.42 Å². The number of nitrogens with zero attached hydrogens (tertiary/aromatic N) is 3. The lowest BCUT2D eigenvalue weighted by Gasteiger charge is -2.02. The van der Waals surface area contributed by atoms with Crippen LogP contribution >= 0.6 is 0 Å². The van der Waals surface area contributed by atoms with Gasteiger partial charge in [0.2, 0.25) is 5.82 Å². The third-order valence-corrected chi connectivity index (χ3v) is 1.97. The van der Waals surface area contributed by atoms with Crippen molar-refractivity contribution in [3.8, 4) is 0 Å². The third kappa shape index (κ3) is 3.50. The lowest BCUT2D eigenvalue weighted by atomic mass is 10.4. The Hall–Kier alpha value is -1.63. The molecule has 90 valence electrons. The first kappa shape index (κ1) is 12.4. The number of aromatic nitrogens is 2. The molecule has 0 fully saturated rings. The molecule has 0 atom stereocenters. The van der Waals surface area contributed by atoms with E-state index in [1.807, 2.05) is 6.92 Å². The Morgan fingerprint density at radius 3 is 3.06 bits per heavy atom. The Kier molecular flexibility index (Phi) is 4.71. The highest BCUT2D eigenvalue weighted by molar-refractivity contribution is 5.54. The van der Waals surface area contributed by atoms with Crippen molar-refractivity contribution in [3.63, 3.8) is 0 Å². The number of hydrogen-bond acceptors (Lipinski definition) is 5. The van der Waals surface area contributed by atoms with Gasteiger partial charge in [0.1, 0.15) is 6.20 Å². The first-order valence-electron chi connectivity index (χ1n) is 5.14. The SMILES string of the molecule is CCOCCCNc1nn(C)cc1[N+](=O)[O-]. The van der Waals surface area contributed by atoms with Gasteiger partial charge in [-0.05, 0) is 13.3 Å².